The van der Waals surface area contributed by atoms with E-state index in [9.17, 15) is 4.79 Å². The smallest absolute Gasteiger partial charge is 0.224 e. The number of nitrogens with zero attached hydrogens (tertiary/aromatic N) is 2. The molecule has 4 nitrogen and oxygen atoms in total. The first-order valence-corrected chi connectivity index (χ1v) is 7.39. The summed E-state index contributed by atoms with van der Waals surface area (Å²) in [5.74, 6) is 0.203. The molecule has 1 aromatic rings. The van der Waals surface area contributed by atoms with E-state index in [2.05, 4.69) is 21.7 Å². The summed E-state index contributed by atoms with van der Waals surface area (Å²) in [6.07, 6.45) is 1.66. The molecule has 0 saturated carbocycles. The van der Waals surface area contributed by atoms with Crippen LogP contribution in [0.25, 0.3) is 0 Å². The lowest BCUT2D eigenvalue weighted by Gasteiger charge is -2.24. The molecule has 3 heterocycles. The van der Waals surface area contributed by atoms with Gasteiger partial charge in [0.15, 0.2) is 0 Å². The van der Waals surface area contributed by atoms with E-state index >= 15 is 0 Å². The Morgan fingerprint density at radius 1 is 1.44 bits per heavy atom. The minimum Gasteiger partial charge on any atom is -0.395 e. The van der Waals surface area contributed by atoms with E-state index in [1.807, 2.05) is 4.90 Å². The molecular weight excluding hydrogens is 248 g/mol. The molecule has 0 spiro atoms. The molecule has 1 aromatic heterocycles. The summed E-state index contributed by atoms with van der Waals surface area (Å²) in [7, 11) is 0. The molecule has 1 amide bonds. The Bertz CT molecular complexity index is 421. The van der Waals surface area contributed by atoms with Gasteiger partial charge in [-0.1, -0.05) is 0 Å². The standard InChI is InChI=1S/C13H18N2O2S/c16-5-4-15-11-1-3-14(12(11)7-13(15)17)8-10-2-6-18-9-10/h2,6,9,11-12,16H,1,3-5,7-8H2/t11-,12+/m0/s1. The minimum atomic E-state index is 0.0689. The number of aliphatic hydroxyl groups excluding tert-OH is 1. The van der Waals surface area contributed by atoms with Gasteiger partial charge in [-0.25, -0.2) is 0 Å². The Morgan fingerprint density at radius 2 is 2.33 bits per heavy atom. The molecule has 0 bridgehead atoms. The highest BCUT2D eigenvalue weighted by Crippen LogP contribution is 2.33. The number of β-amino-alcohol motifs (C(OH)–C–C–N with tert-alkyl or cyclic N) is 1. The molecule has 0 radical (unpaired) electrons. The van der Waals surface area contributed by atoms with Crippen molar-refractivity contribution in [2.24, 2.45) is 0 Å². The third-order valence-electron chi connectivity index (χ3n) is 4.04. The van der Waals surface area contributed by atoms with Crippen LogP contribution in [0.15, 0.2) is 16.8 Å². The Kier molecular flexibility index (Phi) is 3.37. The van der Waals surface area contributed by atoms with Gasteiger partial charge >= 0.3 is 0 Å². The highest BCUT2D eigenvalue weighted by atomic mass is 32.1. The molecule has 3 rings (SSSR count). The lowest BCUT2D eigenvalue weighted by atomic mass is 10.1. The number of rotatable bonds is 4. The van der Waals surface area contributed by atoms with E-state index in [1.165, 1.54) is 5.56 Å². The van der Waals surface area contributed by atoms with Crippen LogP contribution in [0.1, 0.15) is 18.4 Å². The predicted molar refractivity (Wildman–Crippen MR) is 70.3 cm³/mol. The Morgan fingerprint density at radius 3 is 3.06 bits per heavy atom. The topological polar surface area (TPSA) is 43.8 Å². The maximum absolute atomic E-state index is 11.9. The fraction of sp³-hybridized carbons (Fsp3) is 0.615. The maximum Gasteiger partial charge on any atom is 0.224 e. The molecule has 2 atom stereocenters. The SMILES string of the molecule is O=C1C[C@@H]2[C@H](CCN2Cc2ccsc2)N1CCO. The van der Waals surface area contributed by atoms with E-state index in [0.29, 0.717) is 25.0 Å². The molecule has 2 fully saturated rings. The number of hydrogen-bond donors (Lipinski definition) is 1. The van der Waals surface area contributed by atoms with Crippen molar-refractivity contribution in [3.8, 4) is 0 Å². The first-order chi connectivity index (χ1) is 8.79. The maximum atomic E-state index is 11.9. The fourth-order valence-corrected chi connectivity index (χ4v) is 3.88. The molecule has 0 aromatic carbocycles. The van der Waals surface area contributed by atoms with Gasteiger partial charge in [-0.3, -0.25) is 9.69 Å². The van der Waals surface area contributed by atoms with Gasteiger partial charge in [-0.2, -0.15) is 11.3 Å². The average molecular weight is 266 g/mol. The van der Waals surface area contributed by atoms with Crippen molar-refractivity contribution in [3.63, 3.8) is 0 Å². The number of carbonyl (C=O) groups is 1. The third-order valence-corrected chi connectivity index (χ3v) is 4.77. The quantitative estimate of drug-likeness (QED) is 0.881. The molecule has 2 aliphatic rings. The van der Waals surface area contributed by atoms with Crippen LogP contribution < -0.4 is 0 Å². The van der Waals surface area contributed by atoms with Gasteiger partial charge < -0.3 is 10.0 Å². The van der Waals surface area contributed by atoms with Crippen LogP contribution in [-0.4, -0.2) is 52.6 Å². The second-order valence-corrected chi connectivity index (χ2v) is 5.82. The zero-order chi connectivity index (χ0) is 12.5. The predicted octanol–water partition coefficient (Wildman–Crippen LogP) is 0.916. The Balaban J connectivity index is 1.69. The fourth-order valence-electron chi connectivity index (χ4n) is 3.22. The second-order valence-electron chi connectivity index (χ2n) is 5.04. The Labute approximate surface area is 111 Å². The van der Waals surface area contributed by atoms with Crippen molar-refractivity contribution in [1.82, 2.24) is 9.80 Å². The normalized spacial score (nSPS) is 28.1. The van der Waals surface area contributed by atoms with Crippen molar-refractivity contribution in [3.05, 3.63) is 22.4 Å². The van der Waals surface area contributed by atoms with E-state index in [-0.39, 0.29) is 12.5 Å². The van der Waals surface area contributed by atoms with Crippen LogP contribution in [0.3, 0.4) is 0 Å². The van der Waals surface area contributed by atoms with Crippen molar-refractivity contribution < 1.29 is 9.90 Å². The summed E-state index contributed by atoms with van der Waals surface area (Å²) < 4.78 is 0. The largest absolute Gasteiger partial charge is 0.395 e. The number of carbonyl (C=O) groups excluding carboxylic acids is 1. The van der Waals surface area contributed by atoms with E-state index in [1.54, 1.807) is 11.3 Å². The summed E-state index contributed by atoms with van der Waals surface area (Å²) in [4.78, 5) is 16.2. The summed E-state index contributed by atoms with van der Waals surface area (Å²) >= 11 is 1.72. The van der Waals surface area contributed by atoms with Gasteiger partial charge in [0.25, 0.3) is 0 Å². The molecule has 0 aliphatic carbocycles. The number of hydrogen-bond acceptors (Lipinski definition) is 4. The average Bonchev–Trinajstić information content (AvgIpc) is 3.03. The molecular formula is C13H18N2O2S. The van der Waals surface area contributed by atoms with Gasteiger partial charge in [0.05, 0.1) is 6.61 Å². The molecule has 2 saturated heterocycles. The van der Waals surface area contributed by atoms with Crippen LogP contribution in [-0.2, 0) is 11.3 Å². The first-order valence-electron chi connectivity index (χ1n) is 6.45. The molecule has 18 heavy (non-hydrogen) atoms. The van der Waals surface area contributed by atoms with Crippen LogP contribution in [0.2, 0.25) is 0 Å². The van der Waals surface area contributed by atoms with Crippen molar-refractivity contribution in [1.29, 1.82) is 0 Å². The third kappa shape index (κ3) is 2.06. The lowest BCUT2D eigenvalue weighted by molar-refractivity contribution is -0.129. The van der Waals surface area contributed by atoms with Crippen molar-refractivity contribution in [2.45, 2.75) is 31.5 Å². The molecule has 0 unspecified atom stereocenters. The number of thiophene rings is 1. The van der Waals surface area contributed by atoms with Crippen LogP contribution in [0.4, 0.5) is 0 Å². The summed E-state index contributed by atoms with van der Waals surface area (Å²) in [5.41, 5.74) is 1.34. The van der Waals surface area contributed by atoms with Crippen LogP contribution in [0.5, 0.6) is 0 Å². The molecule has 5 heteroatoms. The summed E-state index contributed by atoms with van der Waals surface area (Å²) in [6, 6.07) is 2.83. The van der Waals surface area contributed by atoms with Crippen LogP contribution in [0, 0.1) is 0 Å². The second kappa shape index (κ2) is 4.99. The monoisotopic (exact) mass is 266 g/mol. The van der Waals surface area contributed by atoms with E-state index in [0.717, 1.165) is 19.5 Å². The zero-order valence-corrected chi connectivity index (χ0v) is 11.1. The number of amides is 1. The number of aliphatic hydroxyl groups is 1. The zero-order valence-electron chi connectivity index (χ0n) is 10.3. The first kappa shape index (κ1) is 12.1. The Hall–Kier alpha value is -0.910. The molecule has 98 valence electrons. The van der Waals surface area contributed by atoms with E-state index < -0.39 is 0 Å². The summed E-state index contributed by atoms with van der Waals surface area (Å²) in [6.45, 7) is 2.57. The van der Waals surface area contributed by atoms with E-state index in [4.69, 9.17) is 5.11 Å². The van der Waals surface area contributed by atoms with Gasteiger partial charge in [-0.15, -0.1) is 0 Å². The highest BCUT2D eigenvalue weighted by molar-refractivity contribution is 7.07. The minimum absolute atomic E-state index is 0.0689. The van der Waals surface area contributed by atoms with Gasteiger partial charge in [0, 0.05) is 38.1 Å². The molecule has 1 N–H and O–H groups in total. The van der Waals surface area contributed by atoms with Crippen LogP contribution >= 0.6 is 11.3 Å². The lowest BCUT2D eigenvalue weighted by Crippen LogP contribution is -2.38. The number of likely N-dealkylation sites (tertiary alicyclic amines) is 2. The molecule has 2 aliphatic heterocycles. The highest BCUT2D eigenvalue weighted by Gasteiger charge is 2.46. The summed E-state index contributed by atoms with van der Waals surface area (Å²) in [5, 5.41) is 13.3. The van der Waals surface area contributed by atoms with Gasteiger partial charge in [0.1, 0.15) is 0 Å². The van der Waals surface area contributed by atoms with Crippen molar-refractivity contribution in [2.75, 3.05) is 19.7 Å². The van der Waals surface area contributed by atoms with Crippen molar-refractivity contribution >= 4 is 17.2 Å². The van der Waals surface area contributed by atoms with Gasteiger partial charge in [0.2, 0.25) is 5.91 Å². The number of fused-ring (bicyclic) bond motifs is 1. The van der Waals surface area contributed by atoms with Gasteiger partial charge in [-0.05, 0) is 28.8 Å².